The van der Waals surface area contributed by atoms with Crippen molar-refractivity contribution >= 4 is 17.7 Å². The van der Waals surface area contributed by atoms with Gasteiger partial charge in [-0.15, -0.1) is 0 Å². The minimum atomic E-state index is -0.196. The number of rotatable bonds is 6. The lowest BCUT2D eigenvalue weighted by molar-refractivity contribution is 0.552. The number of anilines is 1. The molecule has 0 aliphatic rings. The summed E-state index contributed by atoms with van der Waals surface area (Å²) in [7, 11) is 4.04. The Bertz CT molecular complexity index is 725. The number of aryl methyl sites for hydroxylation is 2. The van der Waals surface area contributed by atoms with Crippen LogP contribution >= 0.6 is 0 Å². The number of halogens is 1. The van der Waals surface area contributed by atoms with E-state index < -0.39 is 0 Å². The second-order valence-electron chi connectivity index (χ2n) is 6.23. The summed E-state index contributed by atoms with van der Waals surface area (Å²) in [6.45, 7) is 7.83. The molecule has 128 valence electrons. The molecule has 0 saturated carbocycles. The van der Waals surface area contributed by atoms with Crippen LogP contribution in [0.1, 0.15) is 23.6 Å². The van der Waals surface area contributed by atoms with Crippen LogP contribution in [-0.2, 0) is 6.54 Å². The van der Waals surface area contributed by atoms with E-state index in [2.05, 4.69) is 42.8 Å². The van der Waals surface area contributed by atoms with Crippen molar-refractivity contribution in [2.45, 2.75) is 27.3 Å². The monoisotopic (exact) mass is 327 g/mol. The fourth-order valence-corrected chi connectivity index (χ4v) is 2.57. The molecule has 24 heavy (non-hydrogen) atoms. The normalized spacial score (nSPS) is 11.1. The van der Waals surface area contributed by atoms with Crippen LogP contribution in [0.2, 0.25) is 0 Å². The van der Waals surface area contributed by atoms with Crippen molar-refractivity contribution in [1.82, 2.24) is 4.90 Å². The zero-order valence-electron chi connectivity index (χ0n) is 15.2. The Kier molecular flexibility index (Phi) is 5.96. The third-order valence-electron chi connectivity index (χ3n) is 4.13. The second-order valence-corrected chi connectivity index (χ2v) is 6.23. The number of benzene rings is 2. The molecule has 0 aromatic heterocycles. The number of aliphatic imine (C=N–C) groups is 1. The average Bonchev–Trinajstić information content (AvgIpc) is 2.54. The van der Waals surface area contributed by atoms with Gasteiger partial charge in [0.1, 0.15) is 5.82 Å². The van der Waals surface area contributed by atoms with E-state index in [1.807, 2.05) is 31.4 Å². The number of nitrogens with zero attached hydrogens (tertiary/aromatic N) is 3. The quantitative estimate of drug-likeness (QED) is 0.566. The Hall–Kier alpha value is -2.36. The first-order chi connectivity index (χ1) is 11.4. The Balaban J connectivity index is 2.21. The first-order valence-corrected chi connectivity index (χ1v) is 8.22. The second kappa shape index (κ2) is 7.95. The van der Waals surface area contributed by atoms with E-state index in [1.165, 1.54) is 6.07 Å². The van der Waals surface area contributed by atoms with Crippen LogP contribution in [-0.4, -0.2) is 31.9 Å². The molecular formula is C20H26FN3. The molecule has 4 heteroatoms. The molecule has 0 aliphatic heterocycles. The summed E-state index contributed by atoms with van der Waals surface area (Å²) in [4.78, 5) is 8.75. The number of hydrogen-bond acceptors (Lipinski definition) is 2. The van der Waals surface area contributed by atoms with Gasteiger partial charge in [0.15, 0.2) is 0 Å². The van der Waals surface area contributed by atoms with E-state index in [0.29, 0.717) is 6.54 Å². The highest BCUT2D eigenvalue weighted by Crippen LogP contribution is 2.29. The highest BCUT2D eigenvalue weighted by Gasteiger charge is 2.09. The van der Waals surface area contributed by atoms with Crippen LogP contribution in [0.4, 0.5) is 15.8 Å². The van der Waals surface area contributed by atoms with Crippen molar-refractivity contribution in [1.29, 1.82) is 0 Å². The van der Waals surface area contributed by atoms with Crippen LogP contribution in [0.25, 0.3) is 0 Å². The molecule has 0 N–H and O–H groups in total. The summed E-state index contributed by atoms with van der Waals surface area (Å²) in [5.74, 6) is -0.196. The average molecular weight is 327 g/mol. The minimum absolute atomic E-state index is 0.196. The molecule has 0 atom stereocenters. The van der Waals surface area contributed by atoms with Gasteiger partial charge in [0.2, 0.25) is 0 Å². The Labute approximate surface area is 144 Å². The zero-order chi connectivity index (χ0) is 17.7. The van der Waals surface area contributed by atoms with Gasteiger partial charge in [0.05, 0.1) is 12.0 Å². The Morgan fingerprint density at radius 3 is 2.50 bits per heavy atom. The molecule has 2 rings (SSSR count). The highest BCUT2D eigenvalue weighted by molar-refractivity contribution is 5.68. The van der Waals surface area contributed by atoms with Gasteiger partial charge in [-0.1, -0.05) is 12.1 Å². The van der Waals surface area contributed by atoms with Crippen LogP contribution in [0.3, 0.4) is 0 Å². The summed E-state index contributed by atoms with van der Waals surface area (Å²) in [6, 6.07) is 11.0. The molecule has 2 aromatic carbocycles. The van der Waals surface area contributed by atoms with E-state index in [1.54, 1.807) is 12.1 Å². The molecule has 0 bridgehead atoms. The topological polar surface area (TPSA) is 18.8 Å². The molecule has 0 spiro atoms. The van der Waals surface area contributed by atoms with Gasteiger partial charge in [-0.3, -0.25) is 0 Å². The van der Waals surface area contributed by atoms with Crippen LogP contribution in [0, 0.1) is 19.7 Å². The van der Waals surface area contributed by atoms with Gasteiger partial charge >= 0.3 is 0 Å². The lowest BCUT2D eigenvalue weighted by atomic mass is 10.1. The maximum absolute atomic E-state index is 13.4. The maximum Gasteiger partial charge on any atom is 0.123 e. The van der Waals surface area contributed by atoms with E-state index in [0.717, 1.165) is 34.6 Å². The Morgan fingerprint density at radius 1 is 1.08 bits per heavy atom. The van der Waals surface area contributed by atoms with E-state index >= 15 is 0 Å². The van der Waals surface area contributed by atoms with Crippen molar-refractivity contribution in [3.8, 4) is 0 Å². The molecular weight excluding hydrogens is 301 g/mol. The van der Waals surface area contributed by atoms with Gasteiger partial charge in [-0.05, 0) is 61.7 Å². The molecule has 3 nitrogen and oxygen atoms in total. The fourth-order valence-electron chi connectivity index (χ4n) is 2.57. The van der Waals surface area contributed by atoms with Crippen molar-refractivity contribution in [2.75, 3.05) is 25.5 Å². The van der Waals surface area contributed by atoms with Crippen molar-refractivity contribution in [2.24, 2.45) is 4.99 Å². The van der Waals surface area contributed by atoms with Crippen LogP contribution in [0.15, 0.2) is 41.4 Å². The molecule has 0 unspecified atom stereocenters. The zero-order valence-corrected chi connectivity index (χ0v) is 15.2. The first kappa shape index (κ1) is 18.0. The standard InChI is InChI=1S/C20H26FN3/c1-6-23(4)14-22-19-10-16(3)20(11-15(19)2)24(5)13-17-8-7-9-18(21)12-17/h7-12,14H,6,13H2,1-5H3/b22-14+. The SMILES string of the molecule is CCN(C)/C=N/c1cc(C)c(N(C)Cc2cccc(F)c2)cc1C. The van der Waals surface area contributed by atoms with Gasteiger partial charge in [-0.2, -0.15) is 0 Å². The summed E-state index contributed by atoms with van der Waals surface area (Å²) < 4.78 is 13.4. The third-order valence-corrected chi connectivity index (χ3v) is 4.13. The molecule has 0 heterocycles. The van der Waals surface area contributed by atoms with E-state index in [-0.39, 0.29) is 5.82 Å². The number of hydrogen-bond donors (Lipinski definition) is 0. The summed E-state index contributed by atoms with van der Waals surface area (Å²) >= 11 is 0. The molecule has 0 amide bonds. The molecule has 0 fully saturated rings. The molecule has 2 aromatic rings. The highest BCUT2D eigenvalue weighted by atomic mass is 19.1. The summed E-state index contributed by atoms with van der Waals surface area (Å²) in [5.41, 5.74) is 5.37. The van der Waals surface area contributed by atoms with Crippen molar-refractivity contribution in [3.63, 3.8) is 0 Å². The van der Waals surface area contributed by atoms with Gasteiger partial charge in [0.25, 0.3) is 0 Å². The first-order valence-electron chi connectivity index (χ1n) is 8.22. The lowest BCUT2D eigenvalue weighted by Gasteiger charge is -2.23. The largest absolute Gasteiger partial charge is 0.370 e. The lowest BCUT2D eigenvalue weighted by Crippen LogP contribution is -2.17. The summed E-state index contributed by atoms with van der Waals surface area (Å²) in [5, 5.41) is 0. The van der Waals surface area contributed by atoms with Crippen molar-refractivity contribution < 1.29 is 4.39 Å². The summed E-state index contributed by atoms with van der Waals surface area (Å²) in [6.07, 6.45) is 1.86. The van der Waals surface area contributed by atoms with Gasteiger partial charge in [0, 0.05) is 32.9 Å². The van der Waals surface area contributed by atoms with Crippen molar-refractivity contribution in [3.05, 3.63) is 58.9 Å². The van der Waals surface area contributed by atoms with E-state index in [4.69, 9.17) is 0 Å². The van der Waals surface area contributed by atoms with Gasteiger partial charge < -0.3 is 9.80 Å². The third kappa shape index (κ3) is 4.57. The van der Waals surface area contributed by atoms with Crippen LogP contribution in [0.5, 0.6) is 0 Å². The Morgan fingerprint density at radius 2 is 1.83 bits per heavy atom. The molecule has 0 saturated heterocycles. The predicted octanol–water partition coefficient (Wildman–Crippen LogP) is 4.69. The maximum atomic E-state index is 13.4. The van der Waals surface area contributed by atoms with E-state index in [9.17, 15) is 4.39 Å². The van der Waals surface area contributed by atoms with Crippen LogP contribution < -0.4 is 4.90 Å². The smallest absolute Gasteiger partial charge is 0.123 e. The fraction of sp³-hybridized carbons (Fsp3) is 0.350. The van der Waals surface area contributed by atoms with Gasteiger partial charge in [-0.25, -0.2) is 9.38 Å². The minimum Gasteiger partial charge on any atom is -0.370 e. The molecule has 0 radical (unpaired) electrons. The predicted molar refractivity (Wildman–Crippen MR) is 101 cm³/mol. The molecule has 0 aliphatic carbocycles.